The molecule has 146 valence electrons. The van der Waals surface area contributed by atoms with Crippen LogP contribution in [0.15, 0.2) is 42.5 Å². The molecule has 5 nitrogen and oxygen atoms in total. The number of ether oxygens (including phenoxy) is 2. The summed E-state index contributed by atoms with van der Waals surface area (Å²) in [7, 11) is 3.18. The molecule has 0 spiro atoms. The molecule has 0 fully saturated rings. The third-order valence-corrected chi connectivity index (χ3v) is 5.19. The SMILES string of the molecule is CCCc1sc(NC(=O)c2ccc(F)cc2)nc1-c1ccc(OC)c(OC)c1. The molecule has 1 heterocycles. The summed E-state index contributed by atoms with van der Waals surface area (Å²) in [6.45, 7) is 2.09. The number of nitrogens with one attached hydrogen (secondary N) is 1. The van der Waals surface area contributed by atoms with Gasteiger partial charge in [-0.05, 0) is 48.9 Å². The number of hydrogen-bond donors (Lipinski definition) is 1. The molecule has 0 aliphatic heterocycles. The Balaban J connectivity index is 1.91. The third-order valence-electron chi connectivity index (χ3n) is 4.16. The van der Waals surface area contributed by atoms with Gasteiger partial charge in [-0.1, -0.05) is 13.3 Å². The van der Waals surface area contributed by atoms with Crippen LogP contribution in [-0.4, -0.2) is 25.1 Å². The first-order valence-electron chi connectivity index (χ1n) is 8.84. The Kier molecular flexibility index (Phi) is 6.26. The molecule has 0 saturated carbocycles. The summed E-state index contributed by atoms with van der Waals surface area (Å²) in [6.07, 6.45) is 1.79. The van der Waals surface area contributed by atoms with Crippen molar-refractivity contribution in [2.24, 2.45) is 0 Å². The van der Waals surface area contributed by atoms with E-state index in [1.165, 1.54) is 35.6 Å². The summed E-state index contributed by atoms with van der Waals surface area (Å²) in [5, 5.41) is 3.31. The Morgan fingerprint density at radius 1 is 1.11 bits per heavy atom. The molecule has 7 heteroatoms. The van der Waals surface area contributed by atoms with Gasteiger partial charge in [0.2, 0.25) is 0 Å². The Bertz CT molecular complexity index is 970. The van der Waals surface area contributed by atoms with Gasteiger partial charge in [-0.3, -0.25) is 10.1 Å². The van der Waals surface area contributed by atoms with Crippen LogP contribution >= 0.6 is 11.3 Å². The molecule has 28 heavy (non-hydrogen) atoms. The Morgan fingerprint density at radius 2 is 1.82 bits per heavy atom. The van der Waals surface area contributed by atoms with Crippen molar-refractivity contribution in [3.8, 4) is 22.8 Å². The first kappa shape index (κ1) is 19.8. The number of nitrogens with zero attached hydrogens (tertiary/aromatic N) is 1. The average Bonchev–Trinajstić information content (AvgIpc) is 3.10. The second kappa shape index (κ2) is 8.84. The third kappa shape index (κ3) is 4.31. The molecule has 2 aromatic carbocycles. The van der Waals surface area contributed by atoms with Gasteiger partial charge in [-0.25, -0.2) is 9.37 Å². The van der Waals surface area contributed by atoms with Crippen LogP contribution in [0.4, 0.5) is 9.52 Å². The molecule has 0 aliphatic carbocycles. The molecule has 1 aromatic heterocycles. The van der Waals surface area contributed by atoms with Gasteiger partial charge in [0.05, 0.1) is 19.9 Å². The maximum atomic E-state index is 13.1. The lowest BCUT2D eigenvalue weighted by Crippen LogP contribution is -2.11. The quantitative estimate of drug-likeness (QED) is 0.594. The number of benzene rings is 2. The first-order valence-corrected chi connectivity index (χ1v) is 9.66. The molecule has 3 rings (SSSR count). The monoisotopic (exact) mass is 400 g/mol. The summed E-state index contributed by atoms with van der Waals surface area (Å²) in [4.78, 5) is 18.1. The van der Waals surface area contributed by atoms with Crippen LogP contribution in [0.25, 0.3) is 11.3 Å². The highest BCUT2D eigenvalue weighted by Crippen LogP contribution is 2.37. The van der Waals surface area contributed by atoms with Gasteiger partial charge < -0.3 is 9.47 Å². The molecule has 0 aliphatic rings. The number of aryl methyl sites for hydroxylation is 1. The van der Waals surface area contributed by atoms with E-state index in [4.69, 9.17) is 9.47 Å². The standard InChI is InChI=1S/C21H21FN2O3S/c1-4-5-18-19(14-8-11-16(26-2)17(12-14)27-3)23-21(28-18)24-20(25)13-6-9-15(22)10-7-13/h6-12H,4-5H2,1-3H3,(H,23,24,25). The largest absolute Gasteiger partial charge is 0.493 e. The normalized spacial score (nSPS) is 10.6. The van der Waals surface area contributed by atoms with Crippen LogP contribution in [0.3, 0.4) is 0 Å². The minimum atomic E-state index is -0.383. The van der Waals surface area contributed by atoms with Crippen molar-refractivity contribution in [3.05, 3.63) is 58.7 Å². The smallest absolute Gasteiger partial charge is 0.257 e. The van der Waals surface area contributed by atoms with E-state index in [0.717, 1.165) is 29.0 Å². The predicted octanol–water partition coefficient (Wildman–Crippen LogP) is 5.17. The number of anilines is 1. The molecule has 0 unspecified atom stereocenters. The van der Waals surface area contributed by atoms with E-state index in [2.05, 4.69) is 17.2 Å². The second-order valence-electron chi connectivity index (χ2n) is 6.07. The van der Waals surface area contributed by atoms with Gasteiger partial charge in [0.1, 0.15) is 5.82 Å². The average molecular weight is 400 g/mol. The number of carbonyl (C=O) groups is 1. The molecule has 0 radical (unpaired) electrons. The van der Waals surface area contributed by atoms with Crippen molar-refractivity contribution in [1.29, 1.82) is 0 Å². The zero-order valence-corrected chi connectivity index (χ0v) is 16.7. The topological polar surface area (TPSA) is 60.5 Å². The number of amides is 1. The van der Waals surface area contributed by atoms with Gasteiger partial charge in [-0.2, -0.15) is 0 Å². The summed E-state index contributed by atoms with van der Waals surface area (Å²) in [6, 6.07) is 11.0. The van der Waals surface area contributed by atoms with Crippen LogP contribution in [0.5, 0.6) is 11.5 Å². The Labute approximate surface area is 167 Å². The van der Waals surface area contributed by atoms with Gasteiger partial charge in [0.15, 0.2) is 16.6 Å². The highest BCUT2D eigenvalue weighted by atomic mass is 32.1. The van der Waals surface area contributed by atoms with Gasteiger partial charge in [0, 0.05) is 16.0 Å². The van der Waals surface area contributed by atoms with Crippen molar-refractivity contribution in [1.82, 2.24) is 4.98 Å². The van der Waals surface area contributed by atoms with Crippen molar-refractivity contribution in [2.45, 2.75) is 19.8 Å². The zero-order chi connectivity index (χ0) is 20.1. The molecule has 3 aromatic rings. The van der Waals surface area contributed by atoms with Crippen molar-refractivity contribution in [3.63, 3.8) is 0 Å². The first-order chi connectivity index (χ1) is 13.5. The maximum Gasteiger partial charge on any atom is 0.257 e. The molecule has 0 atom stereocenters. The van der Waals surface area contributed by atoms with Crippen LogP contribution < -0.4 is 14.8 Å². The van der Waals surface area contributed by atoms with Gasteiger partial charge in [0.25, 0.3) is 5.91 Å². The van der Waals surface area contributed by atoms with Crippen LogP contribution in [-0.2, 0) is 6.42 Å². The lowest BCUT2D eigenvalue weighted by Gasteiger charge is -2.09. The number of methoxy groups -OCH3 is 2. The van der Waals surface area contributed by atoms with Gasteiger partial charge in [-0.15, -0.1) is 11.3 Å². The second-order valence-corrected chi connectivity index (χ2v) is 7.16. The van der Waals surface area contributed by atoms with E-state index < -0.39 is 0 Å². The maximum absolute atomic E-state index is 13.1. The lowest BCUT2D eigenvalue weighted by atomic mass is 10.1. The summed E-state index contributed by atoms with van der Waals surface area (Å²) < 4.78 is 23.7. The minimum Gasteiger partial charge on any atom is -0.493 e. The van der Waals surface area contributed by atoms with Gasteiger partial charge >= 0.3 is 0 Å². The summed E-state index contributed by atoms with van der Waals surface area (Å²) in [5.74, 6) is 0.554. The van der Waals surface area contributed by atoms with Crippen molar-refractivity contribution in [2.75, 3.05) is 19.5 Å². The van der Waals surface area contributed by atoms with Crippen molar-refractivity contribution >= 4 is 22.4 Å². The molecule has 1 amide bonds. The highest BCUT2D eigenvalue weighted by molar-refractivity contribution is 7.16. The van der Waals surface area contributed by atoms with E-state index in [0.29, 0.717) is 22.2 Å². The predicted molar refractivity (Wildman–Crippen MR) is 109 cm³/mol. The summed E-state index contributed by atoms with van der Waals surface area (Å²) in [5.41, 5.74) is 2.07. The number of halogens is 1. The Morgan fingerprint density at radius 3 is 2.46 bits per heavy atom. The van der Waals surface area contributed by atoms with E-state index in [1.54, 1.807) is 14.2 Å². The minimum absolute atomic E-state index is 0.323. The van der Waals surface area contributed by atoms with Crippen LogP contribution in [0.1, 0.15) is 28.6 Å². The fourth-order valence-corrected chi connectivity index (χ4v) is 3.86. The van der Waals surface area contributed by atoms with Crippen molar-refractivity contribution < 1.29 is 18.7 Å². The number of aromatic nitrogens is 1. The molecule has 0 saturated heterocycles. The highest BCUT2D eigenvalue weighted by Gasteiger charge is 2.17. The number of rotatable bonds is 7. The summed E-state index contributed by atoms with van der Waals surface area (Å²) >= 11 is 1.44. The number of thiazole rings is 1. The lowest BCUT2D eigenvalue weighted by molar-refractivity contribution is 0.102. The Hall–Kier alpha value is -2.93. The molecule has 1 N–H and O–H groups in total. The van der Waals surface area contributed by atoms with Crippen LogP contribution in [0, 0.1) is 5.82 Å². The van der Waals surface area contributed by atoms with Crippen LogP contribution in [0.2, 0.25) is 0 Å². The fraction of sp³-hybridized carbons (Fsp3) is 0.238. The number of hydrogen-bond acceptors (Lipinski definition) is 5. The van der Waals surface area contributed by atoms with E-state index in [9.17, 15) is 9.18 Å². The molecule has 0 bridgehead atoms. The van der Waals surface area contributed by atoms with E-state index >= 15 is 0 Å². The zero-order valence-electron chi connectivity index (χ0n) is 15.9. The number of carbonyl (C=O) groups excluding carboxylic acids is 1. The molecular formula is C21H21FN2O3S. The van der Waals surface area contributed by atoms with E-state index in [-0.39, 0.29) is 11.7 Å². The molecular weight excluding hydrogens is 379 g/mol. The fourth-order valence-electron chi connectivity index (χ4n) is 2.78. The van der Waals surface area contributed by atoms with E-state index in [1.807, 2.05) is 18.2 Å².